The first kappa shape index (κ1) is 20.8. The van der Waals surface area contributed by atoms with Gasteiger partial charge in [0.25, 0.3) is 11.8 Å². The molecule has 0 radical (unpaired) electrons. The highest BCUT2D eigenvalue weighted by molar-refractivity contribution is 6.08. The molecular formula is C28H25N3O2. The van der Waals surface area contributed by atoms with Crippen molar-refractivity contribution in [1.82, 2.24) is 4.57 Å². The van der Waals surface area contributed by atoms with Gasteiger partial charge in [-0.1, -0.05) is 30.3 Å². The summed E-state index contributed by atoms with van der Waals surface area (Å²) < 4.78 is 2.17. The van der Waals surface area contributed by atoms with Gasteiger partial charge in [-0.25, -0.2) is 0 Å². The lowest BCUT2D eigenvalue weighted by atomic mass is 10.1. The third-order valence-corrected chi connectivity index (χ3v) is 6.36. The van der Waals surface area contributed by atoms with Crippen LogP contribution in [0.15, 0.2) is 85.1 Å². The molecule has 3 aromatic carbocycles. The minimum atomic E-state index is -0.194. The summed E-state index contributed by atoms with van der Waals surface area (Å²) in [6.07, 6.45) is 2.05. The van der Waals surface area contributed by atoms with Crippen LogP contribution in [0.1, 0.15) is 43.1 Å². The second-order valence-electron chi connectivity index (χ2n) is 8.43. The van der Waals surface area contributed by atoms with Crippen LogP contribution in [0.4, 0.5) is 11.4 Å². The number of nitrogens with one attached hydrogen (secondary N) is 1. The van der Waals surface area contributed by atoms with Gasteiger partial charge in [0.05, 0.1) is 6.54 Å². The molecule has 0 saturated carbocycles. The number of nitrogens with zero attached hydrogens (tertiary/aromatic N) is 2. The van der Waals surface area contributed by atoms with Crippen LogP contribution in [0.25, 0.3) is 0 Å². The van der Waals surface area contributed by atoms with Crippen LogP contribution in [0, 0.1) is 13.8 Å². The number of aryl methyl sites for hydroxylation is 1. The predicted octanol–water partition coefficient (Wildman–Crippen LogP) is 5.57. The van der Waals surface area contributed by atoms with E-state index in [1.54, 1.807) is 24.3 Å². The lowest BCUT2D eigenvalue weighted by molar-refractivity contribution is 0.0981. The molecule has 1 N–H and O–H groups in total. The van der Waals surface area contributed by atoms with Gasteiger partial charge in [-0.3, -0.25) is 9.59 Å². The van der Waals surface area contributed by atoms with Crippen molar-refractivity contribution in [3.8, 4) is 0 Å². The maximum atomic E-state index is 13.5. The van der Waals surface area contributed by atoms with Crippen LogP contribution in [0.5, 0.6) is 0 Å². The van der Waals surface area contributed by atoms with E-state index in [9.17, 15) is 9.59 Å². The number of aromatic nitrogens is 1. The lowest BCUT2D eigenvalue weighted by Gasteiger charge is -2.23. The molecule has 0 spiro atoms. The summed E-state index contributed by atoms with van der Waals surface area (Å²) in [4.78, 5) is 28.1. The molecule has 2 heterocycles. The Morgan fingerprint density at radius 2 is 1.55 bits per heavy atom. The maximum Gasteiger partial charge on any atom is 0.258 e. The summed E-state index contributed by atoms with van der Waals surface area (Å²) >= 11 is 0. The van der Waals surface area contributed by atoms with Gasteiger partial charge < -0.3 is 14.8 Å². The number of hydrogen-bond donors (Lipinski definition) is 1. The Morgan fingerprint density at radius 3 is 2.36 bits per heavy atom. The van der Waals surface area contributed by atoms with Crippen molar-refractivity contribution in [2.24, 2.45) is 0 Å². The van der Waals surface area contributed by atoms with Crippen LogP contribution < -0.4 is 10.2 Å². The third-order valence-electron chi connectivity index (χ3n) is 6.36. The molecule has 5 heteroatoms. The van der Waals surface area contributed by atoms with Crippen molar-refractivity contribution in [2.75, 3.05) is 10.2 Å². The minimum absolute atomic E-state index is 0.0846. The smallest absolute Gasteiger partial charge is 0.258 e. The summed E-state index contributed by atoms with van der Waals surface area (Å²) in [6, 6.07) is 24.8. The van der Waals surface area contributed by atoms with Gasteiger partial charge in [-0.2, -0.15) is 0 Å². The number of carbonyl (C=O) groups excluding carboxylic acids is 2. The molecule has 2 amide bonds. The normalized spacial score (nSPS) is 12.5. The average Bonchev–Trinajstić information content (AvgIpc) is 3.20. The van der Waals surface area contributed by atoms with E-state index in [0.29, 0.717) is 17.7 Å². The van der Waals surface area contributed by atoms with Gasteiger partial charge in [0, 0.05) is 40.9 Å². The predicted molar refractivity (Wildman–Crippen MR) is 131 cm³/mol. The van der Waals surface area contributed by atoms with Crippen LogP contribution in [0.2, 0.25) is 0 Å². The lowest BCUT2D eigenvalue weighted by Crippen LogP contribution is -2.30. The molecule has 0 fully saturated rings. The van der Waals surface area contributed by atoms with E-state index in [0.717, 1.165) is 40.3 Å². The number of benzene rings is 3. The van der Waals surface area contributed by atoms with Crippen LogP contribution in [0.3, 0.4) is 0 Å². The van der Waals surface area contributed by atoms with Gasteiger partial charge in [0.2, 0.25) is 0 Å². The Hall–Kier alpha value is -4.12. The molecule has 1 aliphatic rings. The number of hydrogen-bond acceptors (Lipinski definition) is 2. The maximum absolute atomic E-state index is 13.5. The zero-order valence-corrected chi connectivity index (χ0v) is 18.7. The quantitative estimate of drug-likeness (QED) is 0.458. The minimum Gasteiger partial charge on any atom is -0.345 e. The van der Waals surface area contributed by atoms with Crippen LogP contribution in [-0.2, 0) is 13.1 Å². The zero-order valence-electron chi connectivity index (χ0n) is 18.7. The van der Waals surface area contributed by atoms with Gasteiger partial charge in [0.1, 0.15) is 0 Å². The molecule has 0 saturated heterocycles. The number of anilines is 2. The molecule has 5 nitrogen and oxygen atoms in total. The summed E-state index contributed by atoms with van der Waals surface area (Å²) in [5, 5.41) is 2.97. The van der Waals surface area contributed by atoms with E-state index in [-0.39, 0.29) is 11.8 Å². The zero-order chi connectivity index (χ0) is 22.9. The molecule has 0 atom stereocenters. The molecule has 4 aromatic rings. The fourth-order valence-electron chi connectivity index (χ4n) is 4.27. The van der Waals surface area contributed by atoms with Crippen molar-refractivity contribution >= 4 is 23.2 Å². The van der Waals surface area contributed by atoms with Crippen molar-refractivity contribution < 1.29 is 9.59 Å². The first-order valence-corrected chi connectivity index (χ1v) is 11.0. The number of para-hydroxylation sites is 1. The largest absolute Gasteiger partial charge is 0.345 e. The summed E-state index contributed by atoms with van der Waals surface area (Å²) in [5.74, 6) is -0.278. The third kappa shape index (κ3) is 3.94. The second kappa shape index (κ2) is 8.43. The van der Waals surface area contributed by atoms with Crippen molar-refractivity contribution in [3.05, 3.63) is 119 Å². The van der Waals surface area contributed by atoms with E-state index >= 15 is 0 Å². The van der Waals surface area contributed by atoms with Gasteiger partial charge in [-0.15, -0.1) is 0 Å². The van der Waals surface area contributed by atoms with Gasteiger partial charge in [0.15, 0.2) is 0 Å². The van der Waals surface area contributed by atoms with E-state index < -0.39 is 0 Å². The highest BCUT2D eigenvalue weighted by Gasteiger charge is 2.24. The highest BCUT2D eigenvalue weighted by Crippen LogP contribution is 2.29. The monoisotopic (exact) mass is 435 g/mol. The first-order chi connectivity index (χ1) is 16.0. The number of amides is 2. The Labute approximate surface area is 193 Å². The molecule has 33 heavy (non-hydrogen) atoms. The average molecular weight is 436 g/mol. The molecule has 0 bridgehead atoms. The Balaban J connectivity index is 1.40. The first-order valence-electron chi connectivity index (χ1n) is 11.0. The molecule has 0 unspecified atom stereocenters. The summed E-state index contributed by atoms with van der Waals surface area (Å²) in [5.41, 5.74) is 7.13. The summed E-state index contributed by atoms with van der Waals surface area (Å²) in [7, 11) is 0. The molecule has 0 aliphatic carbocycles. The SMILES string of the molecule is Cc1cccc(NC(=O)c2ccc(C(=O)N3Cc4cccn4Cc4ccccc43)cc2)c1C. The molecule has 5 rings (SSSR count). The van der Waals surface area contributed by atoms with E-state index in [4.69, 9.17) is 0 Å². The number of rotatable bonds is 3. The van der Waals surface area contributed by atoms with Crippen LogP contribution in [-0.4, -0.2) is 16.4 Å². The highest BCUT2D eigenvalue weighted by atomic mass is 16.2. The second-order valence-corrected chi connectivity index (χ2v) is 8.43. The van der Waals surface area contributed by atoms with Crippen LogP contribution >= 0.6 is 0 Å². The molecular weight excluding hydrogens is 410 g/mol. The number of carbonyl (C=O) groups is 2. The topological polar surface area (TPSA) is 54.3 Å². The molecule has 1 aliphatic heterocycles. The Morgan fingerprint density at radius 1 is 0.788 bits per heavy atom. The van der Waals surface area contributed by atoms with Crippen molar-refractivity contribution in [2.45, 2.75) is 26.9 Å². The van der Waals surface area contributed by atoms with Gasteiger partial charge >= 0.3 is 0 Å². The summed E-state index contributed by atoms with van der Waals surface area (Å²) in [6.45, 7) is 5.24. The number of fused-ring (bicyclic) bond motifs is 2. The molecule has 1 aromatic heterocycles. The van der Waals surface area contributed by atoms with Gasteiger partial charge in [-0.05, 0) is 79.1 Å². The molecule has 164 valence electrons. The van der Waals surface area contributed by atoms with E-state index in [2.05, 4.69) is 16.0 Å². The fraction of sp³-hybridized carbons (Fsp3) is 0.143. The fourth-order valence-corrected chi connectivity index (χ4v) is 4.27. The van der Waals surface area contributed by atoms with E-state index in [1.165, 1.54) is 0 Å². The Kier molecular flexibility index (Phi) is 5.31. The standard InChI is InChI=1S/C28H25N3O2/c1-19-7-5-10-25(20(19)2)29-27(32)21-12-14-22(15-13-21)28(33)31-18-24-9-6-16-30(24)17-23-8-3-4-11-26(23)31/h3-16H,17-18H2,1-2H3,(H,29,32). The van der Waals surface area contributed by atoms with Crippen molar-refractivity contribution in [3.63, 3.8) is 0 Å². The Bertz CT molecular complexity index is 1350. The van der Waals surface area contributed by atoms with Crippen molar-refractivity contribution in [1.29, 1.82) is 0 Å². The van der Waals surface area contributed by atoms with E-state index in [1.807, 2.05) is 73.5 Å².